The van der Waals surface area contributed by atoms with E-state index in [9.17, 15) is 9.90 Å². The molecule has 2 unspecified atom stereocenters. The second-order valence-electron chi connectivity index (χ2n) is 4.38. The average Bonchev–Trinajstić information content (AvgIpc) is 2.64. The van der Waals surface area contributed by atoms with Crippen LogP contribution in [-0.2, 0) is 0 Å². The highest BCUT2D eigenvalue weighted by molar-refractivity contribution is 5.97. The van der Waals surface area contributed by atoms with Crippen molar-refractivity contribution in [2.24, 2.45) is 5.73 Å². The number of hydrogen-bond donors (Lipinski definition) is 4. The first-order chi connectivity index (χ1) is 8.08. The molecule has 1 aliphatic rings. The van der Waals surface area contributed by atoms with Gasteiger partial charge in [0.1, 0.15) is 11.5 Å². The number of rotatable bonds is 2. The molecular weight excluding hydrogens is 220 g/mol. The van der Waals surface area contributed by atoms with Crippen LogP contribution in [0.5, 0.6) is 11.5 Å². The van der Waals surface area contributed by atoms with E-state index >= 15 is 0 Å². The van der Waals surface area contributed by atoms with Crippen LogP contribution >= 0.6 is 0 Å². The fraction of sp³-hybridized carbons (Fsp3) is 0.417. The summed E-state index contributed by atoms with van der Waals surface area (Å²) in [6.07, 6.45) is 2.78. The van der Waals surface area contributed by atoms with Crippen molar-refractivity contribution < 1.29 is 15.0 Å². The summed E-state index contributed by atoms with van der Waals surface area (Å²) in [7, 11) is 0. The Labute approximate surface area is 99.3 Å². The van der Waals surface area contributed by atoms with E-state index in [1.807, 2.05) is 0 Å². The van der Waals surface area contributed by atoms with E-state index in [1.54, 1.807) is 0 Å². The normalized spacial score (nSPS) is 23.6. The molecule has 0 bridgehead atoms. The van der Waals surface area contributed by atoms with Crippen LogP contribution in [0.25, 0.3) is 0 Å². The van der Waals surface area contributed by atoms with Crippen molar-refractivity contribution in [3.05, 3.63) is 23.8 Å². The Hall–Kier alpha value is -1.75. The number of aromatic hydroxyl groups is 2. The number of carbonyl (C=O) groups excluding carboxylic acids is 1. The van der Waals surface area contributed by atoms with Gasteiger partial charge in [-0.3, -0.25) is 4.79 Å². The van der Waals surface area contributed by atoms with E-state index in [2.05, 4.69) is 5.32 Å². The quantitative estimate of drug-likeness (QED) is 0.608. The standard InChI is InChI=1S/C12H16N2O3/c13-9-2-1-3-10(9)14-12(17)8-5-4-7(15)6-11(8)16/h4-6,9-10,15-16H,1-3,13H2,(H,14,17). The van der Waals surface area contributed by atoms with Crippen molar-refractivity contribution in [2.45, 2.75) is 31.3 Å². The summed E-state index contributed by atoms with van der Waals surface area (Å²) >= 11 is 0. The third kappa shape index (κ3) is 2.50. The van der Waals surface area contributed by atoms with E-state index in [-0.39, 0.29) is 35.1 Å². The van der Waals surface area contributed by atoms with Gasteiger partial charge in [-0.05, 0) is 31.4 Å². The molecule has 17 heavy (non-hydrogen) atoms. The van der Waals surface area contributed by atoms with E-state index in [0.717, 1.165) is 25.3 Å². The minimum Gasteiger partial charge on any atom is -0.508 e. The predicted molar refractivity (Wildman–Crippen MR) is 62.9 cm³/mol. The number of amides is 1. The van der Waals surface area contributed by atoms with Crippen LogP contribution < -0.4 is 11.1 Å². The number of phenolic OH excluding ortho intramolecular Hbond substituents is 2. The first-order valence-corrected chi connectivity index (χ1v) is 5.66. The molecule has 2 rings (SSSR count). The maximum absolute atomic E-state index is 11.9. The van der Waals surface area contributed by atoms with E-state index in [0.29, 0.717) is 0 Å². The molecule has 1 aliphatic carbocycles. The maximum atomic E-state index is 11.9. The lowest BCUT2D eigenvalue weighted by atomic mass is 10.1. The van der Waals surface area contributed by atoms with Gasteiger partial charge in [0.05, 0.1) is 5.56 Å². The highest BCUT2D eigenvalue weighted by Gasteiger charge is 2.26. The first-order valence-electron chi connectivity index (χ1n) is 5.66. The van der Waals surface area contributed by atoms with Crippen LogP contribution in [0.15, 0.2) is 18.2 Å². The molecule has 1 saturated carbocycles. The fourth-order valence-electron chi connectivity index (χ4n) is 2.13. The number of nitrogens with one attached hydrogen (secondary N) is 1. The second kappa shape index (κ2) is 4.63. The lowest BCUT2D eigenvalue weighted by Crippen LogP contribution is -2.43. The summed E-state index contributed by atoms with van der Waals surface area (Å²) in [5.41, 5.74) is 6.00. The lowest BCUT2D eigenvalue weighted by Gasteiger charge is -2.17. The van der Waals surface area contributed by atoms with Crippen LogP contribution in [0.4, 0.5) is 0 Å². The third-order valence-electron chi connectivity index (χ3n) is 3.11. The van der Waals surface area contributed by atoms with E-state index < -0.39 is 0 Å². The molecule has 2 atom stereocenters. The van der Waals surface area contributed by atoms with Crippen LogP contribution in [-0.4, -0.2) is 28.2 Å². The minimum atomic E-state index is -0.357. The number of hydrogen-bond acceptors (Lipinski definition) is 4. The molecule has 5 nitrogen and oxygen atoms in total. The van der Waals surface area contributed by atoms with Gasteiger partial charge in [-0.15, -0.1) is 0 Å². The zero-order chi connectivity index (χ0) is 12.4. The Balaban J connectivity index is 2.09. The first kappa shape index (κ1) is 11.7. The molecule has 1 aromatic carbocycles. The molecule has 1 amide bonds. The number of nitrogens with two attached hydrogens (primary N) is 1. The fourth-order valence-corrected chi connectivity index (χ4v) is 2.13. The Morgan fingerprint density at radius 3 is 2.71 bits per heavy atom. The molecule has 0 spiro atoms. The second-order valence-corrected chi connectivity index (χ2v) is 4.38. The van der Waals surface area contributed by atoms with Crippen molar-refractivity contribution in [2.75, 3.05) is 0 Å². The smallest absolute Gasteiger partial charge is 0.255 e. The topological polar surface area (TPSA) is 95.6 Å². The van der Waals surface area contributed by atoms with Crippen molar-refractivity contribution in [3.63, 3.8) is 0 Å². The molecular formula is C12H16N2O3. The molecule has 0 radical (unpaired) electrons. The Morgan fingerprint density at radius 1 is 1.35 bits per heavy atom. The minimum absolute atomic E-state index is 0.0155. The Kier molecular flexibility index (Phi) is 3.19. The van der Waals surface area contributed by atoms with Gasteiger partial charge in [-0.2, -0.15) is 0 Å². The zero-order valence-electron chi connectivity index (χ0n) is 9.39. The third-order valence-corrected chi connectivity index (χ3v) is 3.11. The summed E-state index contributed by atoms with van der Waals surface area (Å²) in [6.45, 7) is 0. The van der Waals surface area contributed by atoms with Crippen LogP contribution in [0.3, 0.4) is 0 Å². The summed E-state index contributed by atoms with van der Waals surface area (Å²) in [5.74, 6) is -0.657. The molecule has 5 N–H and O–H groups in total. The van der Waals surface area contributed by atoms with Crippen LogP contribution in [0, 0.1) is 0 Å². The number of carbonyl (C=O) groups is 1. The molecule has 0 aromatic heterocycles. The molecule has 92 valence electrons. The molecule has 5 heteroatoms. The van der Waals surface area contributed by atoms with Gasteiger partial charge in [-0.1, -0.05) is 0 Å². The summed E-state index contributed by atoms with van der Waals surface area (Å²) in [4.78, 5) is 11.9. The van der Waals surface area contributed by atoms with Gasteiger partial charge in [0, 0.05) is 18.2 Å². The van der Waals surface area contributed by atoms with Crippen molar-refractivity contribution in [3.8, 4) is 11.5 Å². The summed E-state index contributed by atoms with van der Waals surface area (Å²) in [6, 6.07) is 3.85. The summed E-state index contributed by atoms with van der Waals surface area (Å²) < 4.78 is 0. The molecule has 0 heterocycles. The highest BCUT2D eigenvalue weighted by atomic mass is 16.3. The molecule has 0 saturated heterocycles. The van der Waals surface area contributed by atoms with Crippen LogP contribution in [0.1, 0.15) is 29.6 Å². The highest BCUT2D eigenvalue weighted by Crippen LogP contribution is 2.23. The van der Waals surface area contributed by atoms with Gasteiger partial charge in [0.25, 0.3) is 5.91 Å². The Bertz CT molecular complexity index is 434. The van der Waals surface area contributed by atoms with Crippen molar-refractivity contribution in [1.29, 1.82) is 0 Å². The van der Waals surface area contributed by atoms with Crippen molar-refractivity contribution in [1.82, 2.24) is 5.32 Å². The lowest BCUT2D eigenvalue weighted by molar-refractivity contribution is 0.0932. The predicted octanol–water partition coefficient (Wildman–Crippen LogP) is 0.707. The monoisotopic (exact) mass is 236 g/mol. The molecule has 1 fully saturated rings. The van der Waals surface area contributed by atoms with Crippen molar-refractivity contribution >= 4 is 5.91 Å². The van der Waals surface area contributed by atoms with E-state index in [1.165, 1.54) is 12.1 Å². The van der Waals surface area contributed by atoms with Gasteiger partial charge in [-0.25, -0.2) is 0 Å². The maximum Gasteiger partial charge on any atom is 0.255 e. The number of phenols is 2. The number of benzene rings is 1. The van der Waals surface area contributed by atoms with Gasteiger partial charge in [0.2, 0.25) is 0 Å². The van der Waals surface area contributed by atoms with Gasteiger partial charge in [0.15, 0.2) is 0 Å². The molecule has 0 aliphatic heterocycles. The van der Waals surface area contributed by atoms with Gasteiger partial charge < -0.3 is 21.3 Å². The SMILES string of the molecule is NC1CCCC1NC(=O)c1ccc(O)cc1O. The summed E-state index contributed by atoms with van der Waals surface area (Å²) in [5, 5.41) is 21.5. The molecule has 1 aromatic rings. The average molecular weight is 236 g/mol. The van der Waals surface area contributed by atoms with Crippen LogP contribution in [0.2, 0.25) is 0 Å². The Morgan fingerprint density at radius 2 is 2.12 bits per heavy atom. The zero-order valence-corrected chi connectivity index (χ0v) is 9.39. The van der Waals surface area contributed by atoms with Gasteiger partial charge >= 0.3 is 0 Å². The van der Waals surface area contributed by atoms with E-state index in [4.69, 9.17) is 10.8 Å². The largest absolute Gasteiger partial charge is 0.508 e.